The number of halogens is 1. The number of amides is 1. The maximum Gasteiger partial charge on any atom is 0.407 e. The van der Waals surface area contributed by atoms with E-state index in [1.807, 2.05) is 23.6 Å². The second-order valence-electron chi connectivity index (χ2n) is 7.48. The first-order valence-electron chi connectivity index (χ1n) is 10.5. The molecule has 0 fully saturated rings. The number of carbonyl (C=O) groups is 2. The van der Waals surface area contributed by atoms with E-state index in [0.29, 0.717) is 24.1 Å². The molecule has 13 nitrogen and oxygen atoms in total. The van der Waals surface area contributed by atoms with E-state index in [1.54, 1.807) is 0 Å². The fourth-order valence-corrected chi connectivity index (χ4v) is 3.60. The number of aliphatic imine (C=N–C) groups is 1. The summed E-state index contributed by atoms with van der Waals surface area (Å²) in [6.45, 7) is 1.16. The minimum atomic E-state index is -1.14. The Morgan fingerprint density at radius 3 is 2.70 bits per heavy atom. The van der Waals surface area contributed by atoms with Crippen LogP contribution in [-0.2, 0) is 16.1 Å². The topological polar surface area (TPSA) is 187 Å². The van der Waals surface area contributed by atoms with Gasteiger partial charge in [-0.15, -0.1) is 0 Å². The number of anilines is 1. The Labute approximate surface area is 199 Å². The SMILES string of the molecule is CN(C)c1ncnc2c1nc(Br)n2CCCCCOC(=O)NC(CCCN=C(N)N)C(=O)O. The largest absolute Gasteiger partial charge is 0.480 e. The molecule has 2 aromatic heterocycles. The van der Waals surface area contributed by atoms with Crippen molar-refractivity contribution in [2.45, 2.75) is 44.7 Å². The predicted molar refractivity (Wildman–Crippen MR) is 127 cm³/mol. The van der Waals surface area contributed by atoms with Crippen molar-refractivity contribution in [3.8, 4) is 0 Å². The lowest BCUT2D eigenvalue weighted by molar-refractivity contribution is -0.139. The van der Waals surface area contributed by atoms with Gasteiger partial charge in [-0.25, -0.2) is 24.5 Å². The molecule has 2 aromatic rings. The van der Waals surface area contributed by atoms with Gasteiger partial charge in [-0.3, -0.25) is 4.99 Å². The number of ether oxygens (including phenoxy) is 1. The summed E-state index contributed by atoms with van der Waals surface area (Å²) in [5.41, 5.74) is 11.9. The number of nitrogens with one attached hydrogen (secondary N) is 1. The summed E-state index contributed by atoms with van der Waals surface area (Å²) in [5, 5.41) is 11.6. The van der Waals surface area contributed by atoms with E-state index in [4.69, 9.17) is 16.2 Å². The standard InChI is InChI=1S/C19H30BrN9O4/c1-28(2)14-13-15(25-11-24-14)29(17(20)27-13)9-4-3-5-10-33-19(32)26-12(16(30)31)7-6-8-23-18(21)22/h11-12H,3-10H2,1-2H3,(H,26,32)(H,30,31)(H4,21,22,23). The highest BCUT2D eigenvalue weighted by molar-refractivity contribution is 9.10. The molecule has 0 saturated heterocycles. The molecule has 14 heteroatoms. The molecule has 0 aromatic carbocycles. The van der Waals surface area contributed by atoms with E-state index in [9.17, 15) is 14.7 Å². The van der Waals surface area contributed by atoms with Gasteiger partial charge in [-0.2, -0.15) is 0 Å². The van der Waals surface area contributed by atoms with Gasteiger partial charge in [0.2, 0.25) is 0 Å². The molecule has 0 aliphatic rings. The average molecular weight is 528 g/mol. The van der Waals surface area contributed by atoms with Crippen LogP contribution in [0.15, 0.2) is 16.1 Å². The van der Waals surface area contributed by atoms with E-state index < -0.39 is 18.1 Å². The van der Waals surface area contributed by atoms with Gasteiger partial charge < -0.3 is 36.1 Å². The lowest BCUT2D eigenvalue weighted by Crippen LogP contribution is -2.41. The van der Waals surface area contributed by atoms with Crippen molar-refractivity contribution < 1.29 is 19.4 Å². The number of carbonyl (C=O) groups excluding carboxylic acids is 1. The highest BCUT2D eigenvalue weighted by Crippen LogP contribution is 2.25. The summed E-state index contributed by atoms with van der Waals surface area (Å²) in [6.07, 6.45) is 3.60. The summed E-state index contributed by atoms with van der Waals surface area (Å²) >= 11 is 3.48. The van der Waals surface area contributed by atoms with Gasteiger partial charge in [0.05, 0.1) is 6.61 Å². The van der Waals surface area contributed by atoms with Crippen LogP contribution in [-0.4, -0.2) is 75.9 Å². The Morgan fingerprint density at radius 2 is 2.03 bits per heavy atom. The number of imidazole rings is 1. The molecule has 0 saturated carbocycles. The zero-order chi connectivity index (χ0) is 24.4. The normalized spacial score (nSPS) is 11.7. The van der Waals surface area contributed by atoms with Gasteiger partial charge in [-0.05, 0) is 48.0 Å². The van der Waals surface area contributed by atoms with Crippen molar-refractivity contribution in [2.24, 2.45) is 16.5 Å². The lowest BCUT2D eigenvalue weighted by Gasteiger charge is -2.14. The van der Waals surface area contributed by atoms with Crippen molar-refractivity contribution in [1.29, 1.82) is 0 Å². The number of fused-ring (bicyclic) bond motifs is 1. The number of alkyl carbamates (subject to hydrolysis) is 1. The molecule has 2 heterocycles. The van der Waals surface area contributed by atoms with Gasteiger partial charge >= 0.3 is 12.1 Å². The summed E-state index contributed by atoms with van der Waals surface area (Å²) < 4.78 is 7.75. The molecule has 2 rings (SSSR count). The number of rotatable bonds is 13. The van der Waals surface area contributed by atoms with Gasteiger partial charge in [0.15, 0.2) is 27.7 Å². The number of carboxylic acids is 1. The van der Waals surface area contributed by atoms with Crippen molar-refractivity contribution in [1.82, 2.24) is 24.8 Å². The second-order valence-corrected chi connectivity index (χ2v) is 8.19. The van der Waals surface area contributed by atoms with Crippen molar-refractivity contribution >= 4 is 50.9 Å². The first-order valence-corrected chi connectivity index (χ1v) is 11.3. The van der Waals surface area contributed by atoms with Crippen LogP contribution in [0.3, 0.4) is 0 Å². The third kappa shape index (κ3) is 8.04. The van der Waals surface area contributed by atoms with E-state index in [-0.39, 0.29) is 25.5 Å². The maximum absolute atomic E-state index is 11.9. The molecule has 182 valence electrons. The number of unbranched alkanes of at least 4 members (excludes halogenated alkanes) is 2. The average Bonchev–Trinajstić information content (AvgIpc) is 3.07. The van der Waals surface area contributed by atoms with Crippen molar-refractivity contribution in [3.05, 3.63) is 11.1 Å². The summed E-state index contributed by atoms with van der Waals surface area (Å²) in [7, 11) is 3.80. The minimum absolute atomic E-state index is 0.0607. The number of aliphatic carboxylic acids is 1. The zero-order valence-electron chi connectivity index (χ0n) is 18.7. The van der Waals surface area contributed by atoms with Gasteiger partial charge in [0.25, 0.3) is 0 Å². The van der Waals surface area contributed by atoms with Crippen LogP contribution in [0.2, 0.25) is 0 Å². The molecular formula is C19H30BrN9O4. The molecule has 0 radical (unpaired) electrons. The van der Waals surface area contributed by atoms with Crippen LogP contribution in [0, 0.1) is 0 Å². The zero-order valence-corrected chi connectivity index (χ0v) is 20.3. The molecule has 0 spiro atoms. The third-order valence-corrected chi connectivity index (χ3v) is 5.29. The van der Waals surface area contributed by atoms with Crippen LogP contribution in [0.4, 0.5) is 10.6 Å². The number of guanidine groups is 1. The highest BCUT2D eigenvalue weighted by atomic mass is 79.9. The van der Waals surface area contributed by atoms with E-state index in [1.165, 1.54) is 6.33 Å². The third-order valence-electron chi connectivity index (χ3n) is 4.68. The van der Waals surface area contributed by atoms with Gasteiger partial charge in [0, 0.05) is 27.2 Å². The molecule has 1 unspecified atom stereocenters. The highest BCUT2D eigenvalue weighted by Gasteiger charge is 2.20. The molecule has 0 aliphatic carbocycles. The Hall–Kier alpha value is -3.16. The first kappa shape index (κ1) is 26.1. The van der Waals surface area contributed by atoms with Crippen molar-refractivity contribution in [3.63, 3.8) is 0 Å². The molecule has 1 amide bonds. The van der Waals surface area contributed by atoms with Crippen molar-refractivity contribution in [2.75, 3.05) is 32.1 Å². The van der Waals surface area contributed by atoms with Crippen LogP contribution >= 0.6 is 15.9 Å². The van der Waals surface area contributed by atoms with Crippen LogP contribution < -0.4 is 21.7 Å². The number of nitrogens with two attached hydrogens (primary N) is 2. The minimum Gasteiger partial charge on any atom is -0.480 e. The number of hydrogen-bond acceptors (Lipinski definition) is 8. The molecule has 6 N–H and O–H groups in total. The molecule has 0 aliphatic heterocycles. The summed E-state index contributed by atoms with van der Waals surface area (Å²) in [6, 6.07) is -1.06. The quantitative estimate of drug-likeness (QED) is 0.127. The molecule has 1 atom stereocenters. The van der Waals surface area contributed by atoms with Crippen LogP contribution in [0.25, 0.3) is 11.2 Å². The second kappa shape index (κ2) is 12.8. The Balaban J connectivity index is 1.72. The number of aromatic nitrogens is 4. The lowest BCUT2D eigenvalue weighted by atomic mass is 10.1. The molecular weight excluding hydrogens is 498 g/mol. The van der Waals surface area contributed by atoms with E-state index in [0.717, 1.165) is 29.8 Å². The molecule has 0 bridgehead atoms. The van der Waals surface area contributed by atoms with Gasteiger partial charge in [0.1, 0.15) is 12.4 Å². The smallest absolute Gasteiger partial charge is 0.407 e. The summed E-state index contributed by atoms with van der Waals surface area (Å²) in [4.78, 5) is 42.0. The fraction of sp³-hybridized carbons (Fsp3) is 0.579. The number of aryl methyl sites for hydroxylation is 1. The Kier molecular flexibility index (Phi) is 10.1. The number of carboxylic acid groups (broad SMARTS) is 1. The molecule has 33 heavy (non-hydrogen) atoms. The maximum atomic E-state index is 11.9. The van der Waals surface area contributed by atoms with Crippen LogP contribution in [0.1, 0.15) is 32.1 Å². The number of nitrogens with zero attached hydrogens (tertiary/aromatic N) is 6. The monoisotopic (exact) mass is 527 g/mol. The number of hydrogen-bond donors (Lipinski definition) is 4. The van der Waals surface area contributed by atoms with Gasteiger partial charge in [-0.1, -0.05) is 0 Å². The van der Waals surface area contributed by atoms with E-state index in [2.05, 4.69) is 41.2 Å². The summed E-state index contributed by atoms with van der Waals surface area (Å²) in [5.74, 6) is -0.458. The Morgan fingerprint density at radius 1 is 1.27 bits per heavy atom. The first-order chi connectivity index (χ1) is 15.7. The Bertz CT molecular complexity index is 976. The van der Waals surface area contributed by atoms with E-state index >= 15 is 0 Å². The predicted octanol–water partition coefficient (Wildman–Crippen LogP) is 1.06. The fourth-order valence-electron chi connectivity index (χ4n) is 3.08. The van der Waals surface area contributed by atoms with Crippen LogP contribution in [0.5, 0.6) is 0 Å².